The molecule has 2 aromatic carbocycles. The third kappa shape index (κ3) is 2.65. The molecule has 0 bridgehead atoms. The van der Waals surface area contributed by atoms with E-state index in [0.717, 1.165) is 39.4 Å². The first-order valence-corrected chi connectivity index (χ1v) is 8.88. The number of aliphatic hydroxyl groups excluding tert-OH is 1. The molecule has 0 saturated carbocycles. The van der Waals surface area contributed by atoms with E-state index in [0.29, 0.717) is 0 Å². The summed E-state index contributed by atoms with van der Waals surface area (Å²) in [5.74, 6) is 0.575. The van der Waals surface area contributed by atoms with Crippen molar-refractivity contribution in [3.05, 3.63) is 71.1 Å². The number of carbonyl (C=O) groups is 1. The maximum absolute atomic E-state index is 13.1. The number of benzene rings is 2. The summed E-state index contributed by atoms with van der Waals surface area (Å²) in [7, 11) is 0. The quantitative estimate of drug-likeness (QED) is 0.649. The van der Waals surface area contributed by atoms with E-state index in [-0.39, 0.29) is 19.1 Å². The Morgan fingerprint density at radius 2 is 1.96 bits per heavy atom. The van der Waals surface area contributed by atoms with Crippen LogP contribution >= 0.6 is 0 Å². The minimum absolute atomic E-state index is 0.0687. The maximum Gasteiger partial charge on any atom is 0.254 e. The van der Waals surface area contributed by atoms with Crippen LogP contribution in [0.4, 0.5) is 5.69 Å². The predicted molar refractivity (Wildman–Crippen MR) is 102 cm³/mol. The molecule has 1 unspecified atom stereocenters. The first-order chi connectivity index (χ1) is 13.1. The summed E-state index contributed by atoms with van der Waals surface area (Å²) < 4.78 is 5.31. The Morgan fingerprint density at radius 1 is 1.19 bits per heavy atom. The van der Waals surface area contributed by atoms with Gasteiger partial charge in [-0.2, -0.15) is 0 Å². The largest absolute Gasteiger partial charge is 0.395 e. The number of rotatable bonds is 5. The van der Waals surface area contributed by atoms with Crippen LogP contribution in [0.3, 0.4) is 0 Å². The lowest BCUT2D eigenvalue weighted by Crippen LogP contribution is -2.50. The van der Waals surface area contributed by atoms with Crippen LogP contribution in [0.1, 0.15) is 22.6 Å². The van der Waals surface area contributed by atoms with Crippen molar-refractivity contribution >= 4 is 11.6 Å². The molecule has 1 amide bonds. The molecule has 138 valence electrons. The lowest BCUT2D eigenvalue weighted by Gasteiger charge is -2.29. The fourth-order valence-electron chi connectivity index (χ4n) is 3.85. The van der Waals surface area contributed by atoms with Crippen molar-refractivity contribution in [3.8, 4) is 11.1 Å². The Kier molecular flexibility index (Phi) is 4.30. The average molecular weight is 363 g/mol. The zero-order valence-electron chi connectivity index (χ0n) is 15.2. The summed E-state index contributed by atoms with van der Waals surface area (Å²) in [6.07, 6.45) is 0. The van der Waals surface area contributed by atoms with Crippen molar-refractivity contribution in [1.82, 2.24) is 10.5 Å². The number of hydrogen-bond donors (Lipinski definition) is 3. The molecule has 0 spiro atoms. The van der Waals surface area contributed by atoms with E-state index in [2.05, 4.69) is 15.8 Å². The molecule has 0 fully saturated rings. The van der Waals surface area contributed by atoms with Crippen LogP contribution in [0.15, 0.2) is 53.1 Å². The molecule has 0 aliphatic carbocycles. The van der Waals surface area contributed by atoms with Crippen molar-refractivity contribution in [2.45, 2.75) is 19.4 Å². The van der Waals surface area contributed by atoms with Crippen molar-refractivity contribution in [1.29, 1.82) is 0 Å². The average Bonchev–Trinajstić information content (AvgIpc) is 3.16. The van der Waals surface area contributed by atoms with Crippen LogP contribution in [0.25, 0.3) is 11.1 Å². The van der Waals surface area contributed by atoms with Crippen LogP contribution in [0, 0.1) is 13.8 Å². The van der Waals surface area contributed by atoms with Crippen molar-refractivity contribution in [2.75, 3.05) is 18.5 Å². The Morgan fingerprint density at radius 3 is 2.63 bits per heavy atom. The van der Waals surface area contributed by atoms with Crippen LogP contribution in [-0.4, -0.2) is 29.3 Å². The third-order valence-electron chi connectivity index (χ3n) is 5.04. The molecular weight excluding hydrogens is 342 g/mol. The van der Waals surface area contributed by atoms with E-state index in [4.69, 9.17) is 4.52 Å². The highest BCUT2D eigenvalue weighted by Crippen LogP contribution is 2.43. The smallest absolute Gasteiger partial charge is 0.254 e. The molecule has 0 radical (unpaired) electrons. The van der Waals surface area contributed by atoms with Gasteiger partial charge in [0.2, 0.25) is 0 Å². The molecule has 1 aliphatic rings. The van der Waals surface area contributed by atoms with Gasteiger partial charge >= 0.3 is 0 Å². The molecule has 6 nitrogen and oxygen atoms in total. The zero-order valence-corrected chi connectivity index (χ0v) is 15.2. The first-order valence-electron chi connectivity index (χ1n) is 8.88. The van der Waals surface area contributed by atoms with Crippen LogP contribution < -0.4 is 10.6 Å². The van der Waals surface area contributed by atoms with Gasteiger partial charge in [-0.05, 0) is 37.1 Å². The monoisotopic (exact) mass is 363 g/mol. The number of amides is 1. The second-order valence-electron chi connectivity index (χ2n) is 6.68. The number of nitrogens with one attached hydrogen (secondary N) is 2. The van der Waals surface area contributed by atoms with Crippen molar-refractivity contribution in [3.63, 3.8) is 0 Å². The molecule has 2 heterocycles. The molecule has 0 saturated heterocycles. The fraction of sp³-hybridized carbons (Fsp3) is 0.238. The highest BCUT2D eigenvalue weighted by Gasteiger charge is 2.48. The van der Waals surface area contributed by atoms with Gasteiger partial charge in [0.05, 0.1) is 12.3 Å². The topological polar surface area (TPSA) is 87.4 Å². The van der Waals surface area contributed by atoms with Crippen LogP contribution in [-0.2, 0) is 10.3 Å². The van der Waals surface area contributed by atoms with Gasteiger partial charge in [-0.15, -0.1) is 0 Å². The maximum atomic E-state index is 13.1. The third-order valence-corrected chi connectivity index (χ3v) is 5.04. The zero-order chi connectivity index (χ0) is 19.0. The molecule has 1 atom stereocenters. The Labute approximate surface area is 157 Å². The predicted octanol–water partition coefficient (Wildman–Crippen LogP) is 2.74. The summed E-state index contributed by atoms with van der Waals surface area (Å²) in [5, 5.41) is 19.7. The number of anilines is 1. The lowest BCUT2D eigenvalue weighted by molar-refractivity contribution is -0.120. The van der Waals surface area contributed by atoms with Gasteiger partial charge in [0.15, 0.2) is 5.54 Å². The number of nitrogens with zero attached hydrogens (tertiary/aromatic N) is 1. The van der Waals surface area contributed by atoms with Crippen molar-refractivity contribution in [2.24, 2.45) is 0 Å². The number of aromatic nitrogens is 1. The minimum atomic E-state index is -1.06. The minimum Gasteiger partial charge on any atom is -0.395 e. The van der Waals surface area contributed by atoms with Gasteiger partial charge in [0, 0.05) is 23.4 Å². The van der Waals surface area contributed by atoms with E-state index in [1.165, 1.54) is 0 Å². The number of hydrogen-bond acceptors (Lipinski definition) is 5. The Bertz CT molecular complexity index is 978. The van der Waals surface area contributed by atoms with E-state index < -0.39 is 5.54 Å². The SMILES string of the molecule is Cc1noc(C)c1-c1ccc2c(c1)C(NCCO)(c1ccccc1)C(=O)N2. The second-order valence-corrected chi connectivity index (χ2v) is 6.68. The molecule has 4 rings (SSSR count). The number of fused-ring (bicyclic) bond motifs is 1. The number of aliphatic hydroxyl groups is 1. The molecule has 1 aliphatic heterocycles. The highest BCUT2D eigenvalue weighted by atomic mass is 16.5. The molecule has 1 aromatic heterocycles. The van der Waals surface area contributed by atoms with E-state index in [1.807, 2.05) is 62.4 Å². The van der Waals surface area contributed by atoms with Gasteiger partial charge < -0.3 is 14.9 Å². The Hall–Kier alpha value is -2.96. The molecular formula is C21H21N3O3. The van der Waals surface area contributed by atoms with Gasteiger partial charge in [0.25, 0.3) is 5.91 Å². The molecule has 6 heteroatoms. The summed E-state index contributed by atoms with van der Waals surface area (Å²) in [6.45, 7) is 4.00. The lowest BCUT2D eigenvalue weighted by atomic mass is 9.82. The Balaban J connectivity index is 1.93. The first kappa shape index (κ1) is 17.5. The summed E-state index contributed by atoms with van der Waals surface area (Å²) in [4.78, 5) is 13.1. The number of aryl methyl sites for hydroxylation is 2. The van der Waals surface area contributed by atoms with E-state index in [1.54, 1.807) is 0 Å². The van der Waals surface area contributed by atoms with Crippen LogP contribution in [0.2, 0.25) is 0 Å². The van der Waals surface area contributed by atoms with Gasteiger partial charge in [-0.1, -0.05) is 41.6 Å². The molecule has 3 aromatic rings. The fourth-order valence-corrected chi connectivity index (χ4v) is 3.85. The highest BCUT2D eigenvalue weighted by molar-refractivity contribution is 6.08. The van der Waals surface area contributed by atoms with E-state index >= 15 is 0 Å². The van der Waals surface area contributed by atoms with Crippen LogP contribution in [0.5, 0.6) is 0 Å². The summed E-state index contributed by atoms with van der Waals surface area (Å²) >= 11 is 0. The number of carbonyl (C=O) groups excluding carboxylic acids is 1. The summed E-state index contributed by atoms with van der Waals surface area (Å²) in [6, 6.07) is 15.4. The van der Waals surface area contributed by atoms with Gasteiger partial charge in [0.1, 0.15) is 5.76 Å². The van der Waals surface area contributed by atoms with Crippen molar-refractivity contribution < 1.29 is 14.4 Å². The standard InChI is InChI=1S/C21H21N3O3/c1-13-19(14(2)27-24-13)15-8-9-18-17(12-15)21(20(26)23-18,22-10-11-25)16-6-4-3-5-7-16/h3-9,12,22,25H,10-11H2,1-2H3,(H,23,26). The summed E-state index contributed by atoms with van der Waals surface area (Å²) in [5.41, 5.74) is 4.02. The van der Waals surface area contributed by atoms with E-state index in [9.17, 15) is 9.90 Å². The molecule has 3 N–H and O–H groups in total. The normalized spacial score (nSPS) is 18.4. The van der Waals surface area contributed by atoms with Gasteiger partial charge in [-0.3, -0.25) is 10.1 Å². The van der Waals surface area contributed by atoms with Gasteiger partial charge in [-0.25, -0.2) is 0 Å². The second kappa shape index (κ2) is 6.64. The molecule has 27 heavy (non-hydrogen) atoms.